The van der Waals surface area contributed by atoms with Crippen molar-refractivity contribution in [2.24, 2.45) is 0 Å². The van der Waals surface area contributed by atoms with Crippen molar-refractivity contribution in [3.8, 4) is 0 Å². The number of benzene rings is 1. The van der Waals surface area contributed by atoms with Gasteiger partial charge in [-0.1, -0.05) is 24.3 Å². The van der Waals surface area contributed by atoms with E-state index in [9.17, 15) is 0 Å². The molecule has 1 unspecified atom stereocenters. The number of ether oxygens (including phenoxy) is 3. The van der Waals surface area contributed by atoms with Gasteiger partial charge in [-0.3, -0.25) is 0 Å². The van der Waals surface area contributed by atoms with Crippen LogP contribution in [-0.4, -0.2) is 26.9 Å². The molecular formula is C12H16O3. The van der Waals surface area contributed by atoms with Crippen LogP contribution in [0.4, 0.5) is 0 Å². The van der Waals surface area contributed by atoms with Gasteiger partial charge in [0.05, 0.1) is 26.4 Å². The van der Waals surface area contributed by atoms with Crippen LogP contribution in [0.1, 0.15) is 17.2 Å². The Kier molecular flexibility index (Phi) is 3.72. The molecule has 3 heteroatoms. The van der Waals surface area contributed by atoms with Gasteiger partial charge in [-0.15, -0.1) is 0 Å². The molecule has 0 spiro atoms. The van der Waals surface area contributed by atoms with E-state index in [4.69, 9.17) is 14.2 Å². The number of methoxy groups -OCH3 is 1. The van der Waals surface area contributed by atoms with Gasteiger partial charge in [-0.25, -0.2) is 0 Å². The molecule has 3 nitrogen and oxygen atoms in total. The van der Waals surface area contributed by atoms with Crippen LogP contribution in [-0.2, 0) is 20.8 Å². The third-order valence-corrected chi connectivity index (χ3v) is 2.52. The average Bonchev–Trinajstić information content (AvgIpc) is 2.31. The highest BCUT2D eigenvalue weighted by Crippen LogP contribution is 2.24. The fraction of sp³-hybridized carbons (Fsp3) is 0.500. The molecule has 1 heterocycles. The molecule has 1 aromatic rings. The van der Waals surface area contributed by atoms with Gasteiger partial charge in [0.25, 0.3) is 0 Å². The number of hydrogen-bond donors (Lipinski definition) is 0. The fourth-order valence-electron chi connectivity index (χ4n) is 1.80. The second kappa shape index (κ2) is 5.26. The number of rotatable bonds is 3. The lowest BCUT2D eigenvalue weighted by atomic mass is 10.0. The third-order valence-electron chi connectivity index (χ3n) is 2.52. The lowest BCUT2D eigenvalue weighted by Crippen LogP contribution is -2.22. The van der Waals surface area contributed by atoms with Crippen molar-refractivity contribution in [1.82, 2.24) is 0 Å². The third kappa shape index (κ3) is 2.56. The second-order valence-corrected chi connectivity index (χ2v) is 3.57. The predicted molar refractivity (Wildman–Crippen MR) is 56.7 cm³/mol. The van der Waals surface area contributed by atoms with E-state index >= 15 is 0 Å². The van der Waals surface area contributed by atoms with E-state index in [-0.39, 0.29) is 6.10 Å². The summed E-state index contributed by atoms with van der Waals surface area (Å²) in [6.45, 7) is 2.63. The molecule has 0 radical (unpaired) electrons. The molecule has 0 amide bonds. The molecule has 0 bridgehead atoms. The zero-order chi connectivity index (χ0) is 10.5. The topological polar surface area (TPSA) is 27.7 Å². The summed E-state index contributed by atoms with van der Waals surface area (Å²) < 4.78 is 16.2. The maximum absolute atomic E-state index is 5.67. The first-order valence-corrected chi connectivity index (χ1v) is 5.18. The fourth-order valence-corrected chi connectivity index (χ4v) is 1.80. The Bertz CT molecular complexity index is 305. The summed E-state index contributed by atoms with van der Waals surface area (Å²) in [6, 6.07) is 8.18. The van der Waals surface area contributed by atoms with E-state index in [0.29, 0.717) is 26.4 Å². The molecule has 1 atom stereocenters. The Morgan fingerprint density at radius 1 is 1.33 bits per heavy atom. The van der Waals surface area contributed by atoms with Crippen LogP contribution < -0.4 is 0 Å². The van der Waals surface area contributed by atoms with Gasteiger partial charge in [-0.2, -0.15) is 0 Å². The lowest BCUT2D eigenvalue weighted by molar-refractivity contribution is -0.0907. The van der Waals surface area contributed by atoms with Crippen LogP contribution in [0.15, 0.2) is 24.3 Å². The van der Waals surface area contributed by atoms with Crippen molar-refractivity contribution < 1.29 is 14.2 Å². The first-order valence-electron chi connectivity index (χ1n) is 5.18. The van der Waals surface area contributed by atoms with E-state index in [1.165, 1.54) is 11.1 Å². The van der Waals surface area contributed by atoms with Gasteiger partial charge in [-0.05, 0) is 11.1 Å². The molecular weight excluding hydrogens is 192 g/mol. The van der Waals surface area contributed by atoms with E-state index in [1.807, 2.05) is 12.1 Å². The molecule has 1 saturated heterocycles. The van der Waals surface area contributed by atoms with Crippen molar-refractivity contribution in [3.05, 3.63) is 35.4 Å². The van der Waals surface area contributed by atoms with Crippen LogP contribution in [0.5, 0.6) is 0 Å². The van der Waals surface area contributed by atoms with Gasteiger partial charge in [0, 0.05) is 7.11 Å². The Morgan fingerprint density at radius 3 is 2.93 bits per heavy atom. The van der Waals surface area contributed by atoms with E-state index in [2.05, 4.69) is 12.1 Å². The van der Waals surface area contributed by atoms with Gasteiger partial charge in [0.15, 0.2) is 0 Å². The van der Waals surface area contributed by atoms with Crippen LogP contribution in [0.2, 0.25) is 0 Å². The van der Waals surface area contributed by atoms with E-state index < -0.39 is 0 Å². The van der Waals surface area contributed by atoms with Gasteiger partial charge in [0.2, 0.25) is 0 Å². The van der Waals surface area contributed by atoms with Crippen molar-refractivity contribution in [1.29, 1.82) is 0 Å². The molecule has 15 heavy (non-hydrogen) atoms. The molecule has 1 aromatic carbocycles. The van der Waals surface area contributed by atoms with Crippen LogP contribution >= 0.6 is 0 Å². The molecule has 0 N–H and O–H groups in total. The molecule has 1 aliphatic heterocycles. The van der Waals surface area contributed by atoms with Crippen molar-refractivity contribution in [2.75, 3.05) is 26.9 Å². The molecule has 82 valence electrons. The second-order valence-electron chi connectivity index (χ2n) is 3.57. The quantitative estimate of drug-likeness (QED) is 0.759. The minimum Gasteiger partial charge on any atom is -0.380 e. The minimum atomic E-state index is 0.0603. The normalized spacial score (nSPS) is 21.5. The molecule has 0 saturated carbocycles. The summed E-state index contributed by atoms with van der Waals surface area (Å²) >= 11 is 0. The Balaban J connectivity index is 2.17. The summed E-state index contributed by atoms with van der Waals surface area (Å²) in [7, 11) is 1.70. The standard InChI is InChI=1S/C12H16O3/c1-13-8-10-4-2-3-5-11(10)12-9-14-6-7-15-12/h2-5,12H,6-9H2,1H3. The first-order chi connectivity index (χ1) is 7.42. The molecule has 0 aromatic heterocycles. The van der Waals surface area contributed by atoms with Crippen molar-refractivity contribution in [2.45, 2.75) is 12.7 Å². The minimum absolute atomic E-state index is 0.0603. The highest BCUT2D eigenvalue weighted by Gasteiger charge is 2.18. The van der Waals surface area contributed by atoms with Crippen LogP contribution in [0.3, 0.4) is 0 Å². The summed E-state index contributed by atoms with van der Waals surface area (Å²) in [5, 5.41) is 0. The smallest absolute Gasteiger partial charge is 0.106 e. The summed E-state index contributed by atoms with van der Waals surface area (Å²) in [5.41, 5.74) is 2.36. The zero-order valence-corrected chi connectivity index (χ0v) is 8.94. The average molecular weight is 208 g/mol. The van der Waals surface area contributed by atoms with Gasteiger partial charge >= 0.3 is 0 Å². The monoisotopic (exact) mass is 208 g/mol. The van der Waals surface area contributed by atoms with Crippen LogP contribution in [0.25, 0.3) is 0 Å². The molecule has 2 rings (SSSR count). The summed E-state index contributed by atoms with van der Waals surface area (Å²) in [4.78, 5) is 0. The summed E-state index contributed by atoms with van der Waals surface area (Å²) in [5.74, 6) is 0. The van der Waals surface area contributed by atoms with Crippen molar-refractivity contribution >= 4 is 0 Å². The largest absolute Gasteiger partial charge is 0.380 e. The molecule has 1 fully saturated rings. The predicted octanol–water partition coefficient (Wildman–Crippen LogP) is 1.92. The molecule has 1 aliphatic rings. The van der Waals surface area contributed by atoms with Crippen molar-refractivity contribution in [3.63, 3.8) is 0 Å². The highest BCUT2D eigenvalue weighted by molar-refractivity contribution is 5.29. The Labute approximate surface area is 90.0 Å². The molecule has 0 aliphatic carbocycles. The Morgan fingerprint density at radius 2 is 2.20 bits per heavy atom. The van der Waals surface area contributed by atoms with E-state index in [1.54, 1.807) is 7.11 Å². The SMILES string of the molecule is COCc1ccccc1C1COCCO1. The maximum Gasteiger partial charge on any atom is 0.106 e. The van der Waals surface area contributed by atoms with Crippen LogP contribution in [0, 0.1) is 0 Å². The maximum atomic E-state index is 5.67. The highest BCUT2D eigenvalue weighted by atomic mass is 16.6. The van der Waals surface area contributed by atoms with Gasteiger partial charge < -0.3 is 14.2 Å². The Hall–Kier alpha value is -0.900. The summed E-state index contributed by atoms with van der Waals surface area (Å²) in [6.07, 6.45) is 0.0603. The number of hydrogen-bond acceptors (Lipinski definition) is 3. The van der Waals surface area contributed by atoms with Gasteiger partial charge in [0.1, 0.15) is 6.10 Å². The first kappa shape index (κ1) is 10.6. The zero-order valence-electron chi connectivity index (χ0n) is 8.94. The van der Waals surface area contributed by atoms with E-state index in [0.717, 1.165) is 0 Å². The lowest BCUT2D eigenvalue weighted by Gasteiger charge is -2.25.